The molecule has 2 aliphatic rings. The van der Waals surface area contributed by atoms with Crippen LogP contribution in [-0.2, 0) is 4.74 Å². The Morgan fingerprint density at radius 1 is 1.34 bits per heavy atom. The molecule has 158 valence electrons. The van der Waals surface area contributed by atoms with Crippen molar-refractivity contribution >= 4 is 34.2 Å². The van der Waals surface area contributed by atoms with Gasteiger partial charge >= 0.3 is 0 Å². The Balaban J connectivity index is 1.29. The molecule has 7 nitrogen and oxygen atoms in total. The number of hydrogen-bond donors (Lipinski definition) is 3. The number of nitrogens with one attached hydrogen (secondary N) is 1. The molecular formula is C21H28ClN3O4. The largest absolute Gasteiger partial charge is 0.463 e. The van der Waals surface area contributed by atoms with Crippen molar-refractivity contribution in [1.29, 1.82) is 0 Å². The van der Waals surface area contributed by atoms with Crippen LogP contribution in [0.3, 0.4) is 0 Å². The molecule has 8 heteroatoms. The first-order chi connectivity index (χ1) is 14.0. The summed E-state index contributed by atoms with van der Waals surface area (Å²) in [6.07, 6.45) is 4.90. The number of rotatable bonds is 5. The maximum absolute atomic E-state index is 12.7. The molecule has 0 radical (unpaired) electrons. The van der Waals surface area contributed by atoms with Crippen molar-refractivity contribution in [1.82, 2.24) is 10.2 Å². The van der Waals surface area contributed by atoms with Crippen molar-refractivity contribution in [2.75, 3.05) is 45.1 Å². The number of carbonyl (C=O) groups is 1. The third kappa shape index (κ3) is 4.53. The van der Waals surface area contributed by atoms with Crippen LogP contribution in [0, 0.1) is 5.92 Å². The summed E-state index contributed by atoms with van der Waals surface area (Å²) in [5.41, 5.74) is 6.63. The molecular weight excluding hydrogens is 394 g/mol. The molecule has 2 fully saturated rings. The van der Waals surface area contributed by atoms with Crippen molar-refractivity contribution in [3.63, 3.8) is 0 Å². The van der Waals surface area contributed by atoms with E-state index in [4.69, 9.17) is 26.5 Å². The summed E-state index contributed by atoms with van der Waals surface area (Å²) in [7, 11) is 0. The molecule has 1 amide bonds. The minimum Gasteiger partial charge on any atom is -0.463 e. The van der Waals surface area contributed by atoms with Gasteiger partial charge in [-0.25, -0.2) is 0 Å². The van der Waals surface area contributed by atoms with Gasteiger partial charge in [0.05, 0.1) is 28.1 Å². The van der Waals surface area contributed by atoms with Crippen molar-refractivity contribution < 1.29 is 19.1 Å². The molecule has 3 heterocycles. The van der Waals surface area contributed by atoms with Crippen molar-refractivity contribution in [2.45, 2.75) is 31.3 Å². The van der Waals surface area contributed by atoms with E-state index in [1.54, 1.807) is 12.1 Å². The van der Waals surface area contributed by atoms with E-state index in [-0.39, 0.29) is 5.91 Å². The summed E-state index contributed by atoms with van der Waals surface area (Å²) in [6, 6.07) is 3.28. The van der Waals surface area contributed by atoms with E-state index < -0.39 is 5.60 Å². The number of nitrogens with zero attached hydrogens (tertiary/aromatic N) is 1. The third-order valence-electron chi connectivity index (χ3n) is 6.17. The maximum Gasteiger partial charge on any atom is 0.255 e. The second-order valence-electron chi connectivity index (χ2n) is 8.25. The summed E-state index contributed by atoms with van der Waals surface area (Å²) in [5.74, 6) is 0.210. The Bertz CT molecular complexity index is 870. The number of likely N-dealkylation sites (tertiary alicyclic amines) is 1. The number of furan rings is 1. The topological polar surface area (TPSA) is 101 Å². The molecule has 0 bridgehead atoms. The van der Waals surface area contributed by atoms with Crippen LogP contribution in [-0.4, -0.2) is 60.9 Å². The van der Waals surface area contributed by atoms with Gasteiger partial charge in [-0.05, 0) is 44.0 Å². The quantitative estimate of drug-likeness (QED) is 0.641. The Kier molecular flexibility index (Phi) is 6.01. The zero-order chi connectivity index (χ0) is 20.4. The number of hydrogen-bond acceptors (Lipinski definition) is 6. The number of β-amino-alcohol motifs (C(OH)–C–C–N with tert-alkyl or cyclic N) is 1. The first-order valence-corrected chi connectivity index (χ1v) is 10.6. The van der Waals surface area contributed by atoms with Crippen LogP contribution < -0.4 is 11.1 Å². The first-order valence-electron chi connectivity index (χ1n) is 10.2. The smallest absolute Gasteiger partial charge is 0.255 e. The molecule has 0 unspecified atom stereocenters. The fraction of sp³-hybridized carbons (Fsp3) is 0.571. The minimum atomic E-state index is -0.623. The standard InChI is InChI=1S/C21H28ClN3O4/c22-17-11-16(19-15(18(17)23)3-8-29-19)20(26)24-12-14-1-6-25(7-2-14)13-21(27)4-9-28-10-5-21/h3,8,11,14,27H,1-2,4-7,9-10,12-13,23H2,(H,24,26). The summed E-state index contributed by atoms with van der Waals surface area (Å²) in [6.45, 7) is 4.44. The Labute approximate surface area is 175 Å². The Morgan fingerprint density at radius 2 is 2.07 bits per heavy atom. The first kappa shape index (κ1) is 20.5. The number of anilines is 1. The second-order valence-corrected chi connectivity index (χ2v) is 8.66. The second kappa shape index (κ2) is 8.52. The number of piperidine rings is 1. The summed E-state index contributed by atoms with van der Waals surface area (Å²) in [5, 5.41) is 14.7. The van der Waals surface area contributed by atoms with Gasteiger partial charge in [0.2, 0.25) is 0 Å². The monoisotopic (exact) mass is 421 g/mol. The minimum absolute atomic E-state index is 0.203. The highest BCUT2D eigenvalue weighted by Crippen LogP contribution is 2.32. The lowest BCUT2D eigenvalue weighted by molar-refractivity contribution is -0.0829. The third-order valence-corrected chi connectivity index (χ3v) is 6.49. The number of fused-ring (bicyclic) bond motifs is 1. The summed E-state index contributed by atoms with van der Waals surface area (Å²) < 4.78 is 10.8. The number of halogens is 1. The zero-order valence-corrected chi connectivity index (χ0v) is 17.2. The normalized spacial score (nSPS) is 20.8. The molecule has 2 aliphatic heterocycles. The van der Waals surface area contributed by atoms with Gasteiger partial charge in [-0.15, -0.1) is 0 Å². The number of nitrogen functional groups attached to an aromatic ring is 1. The van der Waals surface area contributed by atoms with E-state index in [9.17, 15) is 9.90 Å². The molecule has 0 aliphatic carbocycles. The van der Waals surface area contributed by atoms with Crippen LogP contribution in [0.25, 0.3) is 11.0 Å². The van der Waals surface area contributed by atoms with E-state index in [0.29, 0.717) is 72.3 Å². The number of aliphatic hydroxyl groups is 1. The van der Waals surface area contributed by atoms with E-state index in [2.05, 4.69) is 10.2 Å². The van der Waals surface area contributed by atoms with Crippen LogP contribution in [0.15, 0.2) is 22.8 Å². The fourth-order valence-electron chi connectivity index (χ4n) is 4.30. The highest BCUT2D eigenvalue weighted by Gasteiger charge is 2.33. The molecule has 0 saturated carbocycles. The van der Waals surface area contributed by atoms with Crippen molar-refractivity contribution in [3.8, 4) is 0 Å². The predicted molar refractivity (Wildman–Crippen MR) is 112 cm³/mol. The van der Waals surface area contributed by atoms with Gasteiger partial charge in [-0.3, -0.25) is 4.79 Å². The van der Waals surface area contributed by atoms with E-state index in [0.717, 1.165) is 25.9 Å². The molecule has 29 heavy (non-hydrogen) atoms. The van der Waals surface area contributed by atoms with E-state index >= 15 is 0 Å². The fourth-order valence-corrected chi connectivity index (χ4v) is 4.51. The van der Waals surface area contributed by atoms with Gasteiger partial charge in [0.15, 0.2) is 0 Å². The predicted octanol–water partition coefficient (Wildman–Crippen LogP) is 2.65. The average Bonchev–Trinajstić information content (AvgIpc) is 3.20. The molecule has 0 spiro atoms. The zero-order valence-electron chi connectivity index (χ0n) is 16.5. The summed E-state index contributed by atoms with van der Waals surface area (Å²) in [4.78, 5) is 15.0. The molecule has 1 aromatic heterocycles. The van der Waals surface area contributed by atoms with Crippen LogP contribution in [0.4, 0.5) is 5.69 Å². The number of amides is 1. The highest BCUT2D eigenvalue weighted by molar-refractivity contribution is 6.35. The molecule has 4 rings (SSSR count). The van der Waals surface area contributed by atoms with Crippen LogP contribution in [0.5, 0.6) is 0 Å². The maximum atomic E-state index is 12.7. The number of benzene rings is 1. The lowest BCUT2D eigenvalue weighted by Crippen LogP contribution is -2.49. The molecule has 4 N–H and O–H groups in total. The van der Waals surface area contributed by atoms with Gasteiger partial charge in [0, 0.05) is 44.5 Å². The van der Waals surface area contributed by atoms with Crippen molar-refractivity contribution in [2.24, 2.45) is 5.92 Å². The van der Waals surface area contributed by atoms with Gasteiger partial charge in [-0.2, -0.15) is 0 Å². The molecule has 1 aromatic carbocycles. The van der Waals surface area contributed by atoms with Gasteiger partial charge < -0.3 is 30.2 Å². The molecule has 2 aromatic rings. The number of carbonyl (C=O) groups excluding carboxylic acids is 1. The Morgan fingerprint density at radius 3 is 2.79 bits per heavy atom. The SMILES string of the molecule is Nc1c(Cl)cc(C(=O)NCC2CCN(CC3(O)CCOCC3)CC2)c2occc12. The lowest BCUT2D eigenvalue weighted by Gasteiger charge is -2.39. The van der Waals surface area contributed by atoms with Crippen molar-refractivity contribution in [3.05, 3.63) is 29.0 Å². The van der Waals surface area contributed by atoms with Gasteiger partial charge in [-0.1, -0.05) is 11.6 Å². The highest BCUT2D eigenvalue weighted by atomic mass is 35.5. The van der Waals surface area contributed by atoms with Crippen LogP contribution in [0.1, 0.15) is 36.0 Å². The lowest BCUT2D eigenvalue weighted by atomic mass is 9.91. The van der Waals surface area contributed by atoms with Crippen LogP contribution in [0.2, 0.25) is 5.02 Å². The van der Waals surface area contributed by atoms with E-state index in [1.165, 1.54) is 6.26 Å². The average molecular weight is 422 g/mol. The van der Waals surface area contributed by atoms with Gasteiger partial charge in [0.1, 0.15) is 5.58 Å². The molecule has 0 atom stereocenters. The summed E-state index contributed by atoms with van der Waals surface area (Å²) >= 11 is 6.17. The van der Waals surface area contributed by atoms with Gasteiger partial charge in [0.25, 0.3) is 5.91 Å². The Hall–Kier alpha value is -1.80. The molecule has 2 saturated heterocycles. The van der Waals surface area contributed by atoms with E-state index in [1.807, 2.05) is 0 Å². The number of ether oxygens (including phenoxy) is 1. The van der Waals surface area contributed by atoms with Crippen LogP contribution >= 0.6 is 11.6 Å². The number of nitrogens with two attached hydrogens (primary N) is 1.